The van der Waals surface area contributed by atoms with Crippen molar-refractivity contribution in [1.29, 1.82) is 0 Å². The molecule has 1 heterocycles. The van der Waals surface area contributed by atoms with Gasteiger partial charge in [0.1, 0.15) is 18.0 Å². The molecule has 0 atom stereocenters. The topological polar surface area (TPSA) is 150 Å². The Morgan fingerprint density at radius 2 is 1.94 bits per heavy atom. The number of methoxy groups -OCH3 is 1. The lowest BCUT2D eigenvalue weighted by Gasteiger charge is -2.20. The molecule has 168 valence electrons. The Bertz CT molecular complexity index is 1260. The van der Waals surface area contributed by atoms with E-state index in [0.717, 1.165) is 18.2 Å². The first kappa shape index (κ1) is 23.1. The minimum Gasteiger partial charge on any atom is -0.508 e. The normalized spacial score (nSPS) is 15.9. The third-order valence-corrected chi connectivity index (χ3v) is 6.62. The third kappa shape index (κ3) is 4.53. The number of ether oxygens (including phenoxy) is 1. The molecule has 0 spiro atoms. The van der Waals surface area contributed by atoms with Crippen molar-refractivity contribution in [2.75, 3.05) is 20.2 Å². The average molecular weight is 481 g/mol. The van der Waals surface area contributed by atoms with E-state index in [4.69, 9.17) is 16.3 Å². The standard InChI is InChI=1S/C20H17ClN2O8S/c1-31-17-5-2-13(24)7-11(17)6-12-9-22-18(25)10-23(19(12)26)32(29,30)14-3-4-16(21)15(8-14)20(27)28/h2-8,24H,9-10H2,1H3,(H,22,25)(H,27,28)/b12-6+. The minimum atomic E-state index is -4.61. The fraction of sp³-hybridized carbons (Fsp3) is 0.150. The minimum absolute atomic E-state index is 0.101. The van der Waals surface area contributed by atoms with Gasteiger partial charge in [-0.05, 0) is 42.5 Å². The van der Waals surface area contributed by atoms with Crippen molar-refractivity contribution < 1.29 is 37.8 Å². The number of halogens is 1. The molecule has 2 amide bonds. The van der Waals surface area contributed by atoms with Crippen molar-refractivity contribution in [1.82, 2.24) is 9.62 Å². The molecule has 0 saturated carbocycles. The number of rotatable bonds is 5. The number of phenols is 1. The number of carboxylic acid groups (broad SMARTS) is 1. The van der Waals surface area contributed by atoms with Crippen LogP contribution in [-0.4, -0.2) is 60.9 Å². The molecule has 1 saturated heterocycles. The van der Waals surface area contributed by atoms with Crippen molar-refractivity contribution >= 4 is 45.5 Å². The lowest BCUT2D eigenvalue weighted by molar-refractivity contribution is -0.127. The molecule has 0 bridgehead atoms. The Morgan fingerprint density at radius 3 is 2.59 bits per heavy atom. The predicted octanol–water partition coefficient (Wildman–Crippen LogP) is 1.48. The number of aromatic carboxylic acids is 1. The molecule has 2 aromatic carbocycles. The molecule has 1 aliphatic heterocycles. The number of sulfonamides is 1. The summed E-state index contributed by atoms with van der Waals surface area (Å²) in [5, 5.41) is 21.2. The molecule has 0 aromatic heterocycles. The Hall–Kier alpha value is -3.57. The van der Waals surface area contributed by atoms with E-state index in [2.05, 4.69) is 5.32 Å². The van der Waals surface area contributed by atoms with E-state index in [0.29, 0.717) is 10.1 Å². The van der Waals surface area contributed by atoms with Crippen LogP contribution in [0.3, 0.4) is 0 Å². The zero-order valence-electron chi connectivity index (χ0n) is 16.5. The number of carboxylic acids is 1. The smallest absolute Gasteiger partial charge is 0.337 e. The molecule has 2 aromatic rings. The van der Waals surface area contributed by atoms with Crippen LogP contribution >= 0.6 is 11.6 Å². The number of amides is 2. The van der Waals surface area contributed by atoms with Gasteiger partial charge in [0.25, 0.3) is 15.9 Å². The summed E-state index contributed by atoms with van der Waals surface area (Å²) in [6.45, 7) is -1.08. The summed E-state index contributed by atoms with van der Waals surface area (Å²) in [6.07, 6.45) is 1.29. The average Bonchev–Trinajstić information content (AvgIpc) is 2.87. The van der Waals surface area contributed by atoms with Gasteiger partial charge in [0.2, 0.25) is 5.91 Å². The quantitative estimate of drug-likeness (QED) is 0.544. The summed E-state index contributed by atoms with van der Waals surface area (Å²) >= 11 is 5.80. The Labute approximate surface area is 187 Å². The number of carbonyl (C=O) groups excluding carboxylic acids is 2. The van der Waals surface area contributed by atoms with Crippen LogP contribution in [0, 0.1) is 0 Å². The molecule has 0 unspecified atom stereocenters. The number of nitrogens with one attached hydrogen (secondary N) is 1. The molecule has 3 N–H and O–H groups in total. The van der Waals surface area contributed by atoms with Crippen LogP contribution in [0.5, 0.6) is 11.5 Å². The van der Waals surface area contributed by atoms with Gasteiger partial charge < -0.3 is 20.3 Å². The SMILES string of the molecule is COc1ccc(O)cc1/C=C1\CNC(=O)CN(S(=O)(=O)c2ccc(Cl)c(C(=O)O)c2)C1=O. The molecule has 12 heteroatoms. The number of benzene rings is 2. The van der Waals surface area contributed by atoms with E-state index >= 15 is 0 Å². The maximum Gasteiger partial charge on any atom is 0.337 e. The molecule has 0 radical (unpaired) electrons. The van der Waals surface area contributed by atoms with Gasteiger partial charge in [-0.3, -0.25) is 9.59 Å². The monoisotopic (exact) mass is 480 g/mol. The van der Waals surface area contributed by atoms with E-state index in [1.165, 1.54) is 31.4 Å². The van der Waals surface area contributed by atoms with Gasteiger partial charge in [-0.25, -0.2) is 17.5 Å². The van der Waals surface area contributed by atoms with Crippen molar-refractivity contribution in [3.8, 4) is 11.5 Å². The van der Waals surface area contributed by atoms with Gasteiger partial charge in [0.15, 0.2) is 0 Å². The highest BCUT2D eigenvalue weighted by Gasteiger charge is 2.36. The van der Waals surface area contributed by atoms with Gasteiger partial charge in [-0.2, -0.15) is 0 Å². The second-order valence-electron chi connectivity index (χ2n) is 6.64. The van der Waals surface area contributed by atoms with Gasteiger partial charge in [-0.1, -0.05) is 11.6 Å². The second kappa shape index (κ2) is 8.89. The van der Waals surface area contributed by atoms with E-state index in [1.807, 2.05) is 0 Å². The molecule has 10 nitrogen and oxygen atoms in total. The van der Waals surface area contributed by atoms with Gasteiger partial charge in [0, 0.05) is 17.7 Å². The van der Waals surface area contributed by atoms with Gasteiger partial charge >= 0.3 is 5.97 Å². The molecule has 32 heavy (non-hydrogen) atoms. The Morgan fingerprint density at radius 1 is 1.22 bits per heavy atom. The summed E-state index contributed by atoms with van der Waals surface area (Å²) in [7, 11) is -3.23. The zero-order valence-corrected chi connectivity index (χ0v) is 18.1. The van der Waals surface area contributed by atoms with Gasteiger partial charge in [0.05, 0.1) is 22.6 Å². The zero-order chi connectivity index (χ0) is 23.6. The molecular formula is C20H17ClN2O8S. The Balaban J connectivity index is 2.09. The summed E-state index contributed by atoms with van der Waals surface area (Å²) in [6, 6.07) is 7.07. The third-order valence-electron chi connectivity index (χ3n) is 4.56. The maximum atomic E-state index is 13.2. The van der Waals surface area contributed by atoms with Crippen LogP contribution in [0.25, 0.3) is 6.08 Å². The molecular weight excluding hydrogens is 464 g/mol. The second-order valence-corrected chi connectivity index (χ2v) is 8.91. The summed E-state index contributed by atoms with van der Waals surface area (Å²) < 4.78 is 31.8. The number of nitrogens with zero attached hydrogens (tertiary/aromatic N) is 1. The number of phenolic OH excluding ortho intramolecular Hbond substituents is 1. The molecule has 1 fully saturated rings. The molecule has 3 rings (SSSR count). The van der Waals surface area contributed by atoms with Crippen LogP contribution in [0.1, 0.15) is 15.9 Å². The van der Waals surface area contributed by atoms with Crippen LogP contribution in [0.15, 0.2) is 46.9 Å². The van der Waals surface area contributed by atoms with E-state index in [1.54, 1.807) is 0 Å². The van der Waals surface area contributed by atoms with Crippen LogP contribution in [0.2, 0.25) is 5.02 Å². The van der Waals surface area contributed by atoms with Crippen molar-refractivity contribution in [2.24, 2.45) is 0 Å². The largest absolute Gasteiger partial charge is 0.508 e. The van der Waals surface area contributed by atoms with Crippen molar-refractivity contribution in [3.05, 3.63) is 58.1 Å². The fourth-order valence-electron chi connectivity index (χ4n) is 2.97. The highest BCUT2D eigenvalue weighted by molar-refractivity contribution is 7.89. The molecule has 1 aliphatic rings. The lowest BCUT2D eigenvalue weighted by Crippen LogP contribution is -2.40. The predicted molar refractivity (Wildman–Crippen MR) is 113 cm³/mol. The fourth-order valence-corrected chi connectivity index (χ4v) is 4.56. The highest BCUT2D eigenvalue weighted by Crippen LogP contribution is 2.28. The summed E-state index contributed by atoms with van der Waals surface area (Å²) in [4.78, 5) is 36.1. The molecule has 0 aliphatic carbocycles. The van der Waals surface area contributed by atoms with Gasteiger partial charge in [-0.15, -0.1) is 0 Å². The summed E-state index contributed by atoms with van der Waals surface area (Å²) in [5.74, 6) is -3.00. The number of hydrogen-bond acceptors (Lipinski definition) is 7. The first-order valence-corrected chi connectivity index (χ1v) is 10.8. The number of carbonyl (C=O) groups is 3. The summed E-state index contributed by atoms with van der Waals surface area (Å²) in [5.41, 5.74) is -0.292. The first-order chi connectivity index (χ1) is 15.0. The lowest BCUT2D eigenvalue weighted by atomic mass is 10.1. The number of hydrogen-bond donors (Lipinski definition) is 3. The van der Waals surface area contributed by atoms with E-state index in [9.17, 15) is 33.0 Å². The maximum absolute atomic E-state index is 13.2. The Kier molecular flexibility index (Phi) is 6.42. The van der Waals surface area contributed by atoms with Crippen LogP contribution in [0.4, 0.5) is 0 Å². The van der Waals surface area contributed by atoms with Crippen LogP contribution < -0.4 is 10.1 Å². The number of aromatic hydroxyl groups is 1. The first-order valence-electron chi connectivity index (χ1n) is 8.98. The van der Waals surface area contributed by atoms with Crippen molar-refractivity contribution in [2.45, 2.75) is 4.90 Å². The van der Waals surface area contributed by atoms with Crippen molar-refractivity contribution in [3.63, 3.8) is 0 Å². The van der Waals surface area contributed by atoms with E-state index in [-0.39, 0.29) is 28.5 Å². The highest BCUT2D eigenvalue weighted by atomic mass is 35.5. The van der Waals surface area contributed by atoms with E-state index < -0.39 is 44.8 Å². The van der Waals surface area contributed by atoms with Crippen LogP contribution in [-0.2, 0) is 19.6 Å².